The van der Waals surface area contributed by atoms with Crippen molar-refractivity contribution in [2.45, 2.75) is 53.4 Å². The zero-order valence-corrected chi connectivity index (χ0v) is 19.2. The van der Waals surface area contributed by atoms with Gasteiger partial charge in [-0.25, -0.2) is 0 Å². The number of nitrogens with one attached hydrogen (secondary N) is 1. The molecule has 1 heterocycles. The van der Waals surface area contributed by atoms with E-state index in [2.05, 4.69) is 32.2 Å². The van der Waals surface area contributed by atoms with E-state index in [4.69, 9.17) is 5.11 Å². The maximum atomic E-state index is 12.9. The monoisotopic (exact) mass is 435 g/mol. The van der Waals surface area contributed by atoms with Crippen LogP contribution in [0, 0.1) is 23.7 Å². The van der Waals surface area contributed by atoms with E-state index in [1.54, 1.807) is 11.8 Å². The van der Waals surface area contributed by atoms with E-state index in [-0.39, 0.29) is 42.4 Å². The van der Waals surface area contributed by atoms with Gasteiger partial charge in [0.05, 0.1) is 6.42 Å². The van der Waals surface area contributed by atoms with Crippen LogP contribution in [0.1, 0.15) is 53.4 Å². The van der Waals surface area contributed by atoms with Crippen molar-refractivity contribution < 1.29 is 24.3 Å². The normalized spacial score (nSPS) is 24.0. The Hall–Kier alpha value is -2.38. The van der Waals surface area contributed by atoms with Crippen molar-refractivity contribution in [1.29, 1.82) is 0 Å². The summed E-state index contributed by atoms with van der Waals surface area (Å²) in [5.74, 6) is 0.0986. The fourth-order valence-electron chi connectivity index (χ4n) is 4.66. The van der Waals surface area contributed by atoms with Gasteiger partial charge in [0, 0.05) is 52.5 Å². The Balaban J connectivity index is 1.93. The maximum absolute atomic E-state index is 12.9. The van der Waals surface area contributed by atoms with Crippen molar-refractivity contribution in [3.8, 4) is 0 Å². The summed E-state index contributed by atoms with van der Waals surface area (Å²) >= 11 is 0. The number of amides is 3. The quantitative estimate of drug-likeness (QED) is 0.566. The molecule has 1 saturated heterocycles. The number of carbonyl (C=O) groups excluding carboxylic acids is 3. The number of carboxylic acid groups (broad SMARTS) is 1. The van der Waals surface area contributed by atoms with Crippen molar-refractivity contribution >= 4 is 23.7 Å². The van der Waals surface area contributed by atoms with Crippen molar-refractivity contribution in [3.63, 3.8) is 0 Å². The fourth-order valence-corrected chi connectivity index (χ4v) is 4.66. The minimum Gasteiger partial charge on any atom is -0.481 e. The van der Waals surface area contributed by atoms with Crippen LogP contribution >= 0.6 is 0 Å². The number of hydrogen-bond donors (Lipinski definition) is 2. The van der Waals surface area contributed by atoms with Gasteiger partial charge in [-0.05, 0) is 37.0 Å². The van der Waals surface area contributed by atoms with E-state index in [0.717, 1.165) is 6.42 Å². The summed E-state index contributed by atoms with van der Waals surface area (Å²) in [5.41, 5.74) is 1.18. The highest BCUT2D eigenvalue weighted by atomic mass is 16.4. The SMILES string of the molecule is CC(=O)N1CCN(C(=O)C[C@@H]2C[C@@H](C(C)C)[C@H](CNC(=O)CCC(=O)O)C=C2C)CC1. The first-order valence-electron chi connectivity index (χ1n) is 11.3. The van der Waals surface area contributed by atoms with E-state index in [0.29, 0.717) is 51.0 Å². The smallest absolute Gasteiger partial charge is 0.303 e. The molecule has 2 N–H and O–H groups in total. The number of aliphatic carboxylic acids is 1. The number of allylic oxidation sites excluding steroid dienone is 1. The Kier molecular flexibility index (Phi) is 9.07. The van der Waals surface area contributed by atoms with Gasteiger partial charge in [0.25, 0.3) is 0 Å². The molecule has 0 aromatic carbocycles. The van der Waals surface area contributed by atoms with Crippen molar-refractivity contribution in [3.05, 3.63) is 11.6 Å². The van der Waals surface area contributed by atoms with Crippen LogP contribution in [0.25, 0.3) is 0 Å². The molecule has 0 unspecified atom stereocenters. The summed E-state index contributed by atoms with van der Waals surface area (Å²) < 4.78 is 0. The molecular formula is C23H37N3O5. The molecule has 0 aromatic heterocycles. The summed E-state index contributed by atoms with van der Waals surface area (Å²) in [6, 6.07) is 0. The molecule has 8 nitrogen and oxygen atoms in total. The molecule has 1 aliphatic heterocycles. The molecule has 0 spiro atoms. The van der Waals surface area contributed by atoms with Gasteiger partial charge in [-0.2, -0.15) is 0 Å². The van der Waals surface area contributed by atoms with Gasteiger partial charge in [-0.15, -0.1) is 0 Å². The van der Waals surface area contributed by atoms with Crippen LogP contribution in [0.5, 0.6) is 0 Å². The average molecular weight is 436 g/mol. The average Bonchev–Trinajstić information content (AvgIpc) is 2.71. The Morgan fingerprint density at radius 2 is 1.71 bits per heavy atom. The second-order valence-electron chi connectivity index (χ2n) is 9.20. The number of rotatable bonds is 8. The van der Waals surface area contributed by atoms with Gasteiger partial charge in [0.1, 0.15) is 0 Å². The van der Waals surface area contributed by atoms with Gasteiger partial charge in [-0.3, -0.25) is 19.2 Å². The molecule has 174 valence electrons. The molecule has 0 bridgehead atoms. The highest BCUT2D eigenvalue weighted by Crippen LogP contribution is 2.39. The molecule has 0 saturated carbocycles. The first kappa shape index (κ1) is 24.9. The van der Waals surface area contributed by atoms with Crippen molar-refractivity contribution in [1.82, 2.24) is 15.1 Å². The van der Waals surface area contributed by atoms with Gasteiger partial charge >= 0.3 is 5.97 Å². The first-order chi connectivity index (χ1) is 14.6. The van der Waals surface area contributed by atoms with Gasteiger partial charge < -0.3 is 20.2 Å². The predicted octanol–water partition coefficient (Wildman–Crippen LogP) is 1.90. The van der Waals surface area contributed by atoms with Crippen LogP contribution in [0.15, 0.2) is 11.6 Å². The molecule has 3 atom stereocenters. The lowest BCUT2D eigenvalue weighted by Crippen LogP contribution is -2.50. The Morgan fingerprint density at radius 1 is 1.10 bits per heavy atom. The molecule has 31 heavy (non-hydrogen) atoms. The van der Waals surface area contributed by atoms with E-state index >= 15 is 0 Å². The van der Waals surface area contributed by atoms with Crippen LogP contribution in [0.2, 0.25) is 0 Å². The number of piperazine rings is 1. The summed E-state index contributed by atoms with van der Waals surface area (Å²) in [4.78, 5) is 50.6. The molecule has 8 heteroatoms. The lowest BCUT2D eigenvalue weighted by atomic mass is 9.69. The largest absolute Gasteiger partial charge is 0.481 e. The second-order valence-corrected chi connectivity index (χ2v) is 9.20. The zero-order valence-electron chi connectivity index (χ0n) is 19.2. The van der Waals surface area contributed by atoms with Gasteiger partial charge in [-0.1, -0.05) is 25.5 Å². The summed E-state index contributed by atoms with van der Waals surface area (Å²) in [7, 11) is 0. The van der Waals surface area contributed by atoms with Crippen LogP contribution in [-0.4, -0.2) is 71.3 Å². The minimum absolute atomic E-state index is 0.00882. The fraction of sp³-hybridized carbons (Fsp3) is 0.739. The molecule has 3 amide bonds. The van der Waals surface area contributed by atoms with E-state index in [9.17, 15) is 19.2 Å². The van der Waals surface area contributed by atoms with E-state index in [1.807, 2.05) is 4.90 Å². The molecule has 1 aliphatic carbocycles. The van der Waals surface area contributed by atoms with Crippen molar-refractivity contribution in [2.75, 3.05) is 32.7 Å². The van der Waals surface area contributed by atoms with Gasteiger partial charge in [0.15, 0.2) is 0 Å². The number of nitrogens with zero attached hydrogens (tertiary/aromatic N) is 2. The summed E-state index contributed by atoms with van der Waals surface area (Å²) in [6.45, 7) is 10.8. The van der Waals surface area contributed by atoms with Gasteiger partial charge in [0.2, 0.25) is 17.7 Å². The third kappa shape index (κ3) is 7.36. The van der Waals surface area contributed by atoms with Crippen LogP contribution in [0.4, 0.5) is 0 Å². The predicted molar refractivity (Wildman–Crippen MR) is 117 cm³/mol. The lowest BCUT2D eigenvalue weighted by Gasteiger charge is -2.39. The maximum Gasteiger partial charge on any atom is 0.303 e. The highest BCUT2D eigenvalue weighted by molar-refractivity contribution is 5.80. The Labute approximate surface area is 185 Å². The molecule has 2 aliphatic rings. The van der Waals surface area contributed by atoms with Crippen LogP contribution in [0.3, 0.4) is 0 Å². The first-order valence-corrected chi connectivity index (χ1v) is 11.3. The number of hydrogen-bond acceptors (Lipinski definition) is 4. The van der Waals surface area contributed by atoms with Crippen LogP contribution < -0.4 is 5.32 Å². The second kappa shape index (κ2) is 11.3. The number of carbonyl (C=O) groups is 4. The highest BCUT2D eigenvalue weighted by Gasteiger charge is 2.34. The minimum atomic E-state index is -0.973. The van der Waals surface area contributed by atoms with Crippen LogP contribution in [-0.2, 0) is 19.2 Å². The van der Waals surface area contributed by atoms with Crippen molar-refractivity contribution in [2.24, 2.45) is 23.7 Å². The lowest BCUT2D eigenvalue weighted by molar-refractivity contribution is -0.139. The number of carboxylic acids is 1. The molecule has 0 aromatic rings. The third-order valence-electron chi connectivity index (χ3n) is 6.68. The van der Waals surface area contributed by atoms with E-state index in [1.165, 1.54) is 5.57 Å². The molecular weight excluding hydrogens is 398 g/mol. The standard InChI is InChI=1S/C23H37N3O5/c1-15(2)20-12-18(13-22(29)26-9-7-25(8-10-26)17(4)27)16(3)11-19(20)14-24-21(28)5-6-23(30)31/h11,15,18-20H,5-10,12-14H2,1-4H3,(H,24,28)(H,30,31)/t18-,19-,20-/m0/s1. The topological polar surface area (TPSA) is 107 Å². The zero-order chi connectivity index (χ0) is 23.1. The molecule has 0 radical (unpaired) electrons. The Morgan fingerprint density at radius 3 is 2.26 bits per heavy atom. The molecule has 1 fully saturated rings. The molecule has 2 rings (SSSR count). The third-order valence-corrected chi connectivity index (χ3v) is 6.68. The Bertz CT molecular complexity index is 710. The summed E-state index contributed by atoms with van der Waals surface area (Å²) in [6.07, 6.45) is 3.39. The van der Waals surface area contributed by atoms with E-state index < -0.39 is 5.97 Å². The summed E-state index contributed by atoms with van der Waals surface area (Å²) in [5, 5.41) is 11.6.